The fraction of sp³-hybridized carbons (Fsp3) is 0.300. The summed E-state index contributed by atoms with van der Waals surface area (Å²) in [6, 6.07) is 14.2. The second kappa shape index (κ2) is 8.01. The van der Waals surface area contributed by atoms with Gasteiger partial charge in [0.15, 0.2) is 0 Å². The van der Waals surface area contributed by atoms with E-state index in [2.05, 4.69) is 10.6 Å². The molecule has 6 nitrogen and oxygen atoms in total. The van der Waals surface area contributed by atoms with E-state index in [9.17, 15) is 9.59 Å². The van der Waals surface area contributed by atoms with Crippen molar-refractivity contribution < 1.29 is 14.3 Å². The molecule has 3 rings (SSSR count). The minimum Gasteiger partial charge on any atom is -0.497 e. The van der Waals surface area contributed by atoms with Crippen LogP contribution >= 0.6 is 0 Å². The summed E-state index contributed by atoms with van der Waals surface area (Å²) in [5.74, 6) is 0.179. The van der Waals surface area contributed by atoms with Crippen molar-refractivity contribution in [3.63, 3.8) is 0 Å². The zero-order chi connectivity index (χ0) is 18.5. The van der Waals surface area contributed by atoms with Crippen LogP contribution in [0.25, 0.3) is 0 Å². The Kier molecular flexibility index (Phi) is 5.53. The summed E-state index contributed by atoms with van der Waals surface area (Å²) in [6.07, 6.45) is 2.32. The summed E-state index contributed by atoms with van der Waals surface area (Å²) < 4.78 is 5.17. The van der Waals surface area contributed by atoms with Gasteiger partial charge in [0.25, 0.3) is 5.91 Å². The predicted octanol–water partition coefficient (Wildman–Crippen LogP) is 3.01. The van der Waals surface area contributed by atoms with Gasteiger partial charge in [-0.2, -0.15) is 0 Å². The first-order valence-electron chi connectivity index (χ1n) is 8.67. The van der Waals surface area contributed by atoms with Crippen LogP contribution in [0.4, 0.5) is 11.4 Å². The Bertz CT molecular complexity index is 806. The summed E-state index contributed by atoms with van der Waals surface area (Å²) in [5, 5.41) is 5.72. The van der Waals surface area contributed by atoms with E-state index in [-0.39, 0.29) is 23.8 Å². The molecule has 2 amide bonds. The number of benzene rings is 2. The van der Waals surface area contributed by atoms with Gasteiger partial charge in [0.05, 0.1) is 18.4 Å². The number of hydrogen-bond acceptors (Lipinski definition) is 4. The van der Waals surface area contributed by atoms with Crippen LogP contribution in [0.15, 0.2) is 48.5 Å². The predicted molar refractivity (Wildman–Crippen MR) is 101 cm³/mol. The lowest BCUT2D eigenvalue weighted by Gasteiger charge is -2.14. The van der Waals surface area contributed by atoms with Crippen LogP contribution in [-0.2, 0) is 4.79 Å². The highest BCUT2D eigenvalue weighted by Gasteiger charge is 2.28. The standard InChI is InChI=1S/C20H23N3O3/c1-26-16-6-4-5-15(12-16)22-20(25)17-7-2-3-8-18(17)23-19(24)13-9-10-14(21)11-13/h2-8,12-14H,9-11,21H2,1H3,(H,22,25)(H,23,24). The highest BCUT2D eigenvalue weighted by molar-refractivity contribution is 6.10. The molecule has 2 aromatic carbocycles. The molecule has 0 aliphatic heterocycles. The Morgan fingerprint density at radius 1 is 1.08 bits per heavy atom. The van der Waals surface area contributed by atoms with E-state index in [1.54, 1.807) is 55.6 Å². The normalized spacial score (nSPS) is 19.0. The summed E-state index contributed by atoms with van der Waals surface area (Å²) in [6.45, 7) is 0. The van der Waals surface area contributed by atoms with Crippen LogP contribution in [0.5, 0.6) is 5.75 Å². The number of hydrogen-bond donors (Lipinski definition) is 3. The van der Waals surface area contributed by atoms with Crippen LogP contribution in [0.3, 0.4) is 0 Å². The van der Waals surface area contributed by atoms with Crippen molar-refractivity contribution in [3.8, 4) is 5.75 Å². The number of nitrogens with two attached hydrogens (primary N) is 1. The molecule has 0 spiro atoms. The maximum atomic E-state index is 12.7. The molecule has 4 N–H and O–H groups in total. The summed E-state index contributed by atoms with van der Waals surface area (Å²) in [7, 11) is 1.57. The third-order valence-corrected chi connectivity index (χ3v) is 4.60. The van der Waals surface area contributed by atoms with E-state index in [0.717, 1.165) is 12.8 Å². The zero-order valence-corrected chi connectivity index (χ0v) is 14.7. The van der Waals surface area contributed by atoms with Gasteiger partial charge in [-0.1, -0.05) is 18.2 Å². The molecule has 1 saturated carbocycles. The second-order valence-electron chi connectivity index (χ2n) is 6.49. The first kappa shape index (κ1) is 17.9. The van der Waals surface area contributed by atoms with Gasteiger partial charge in [0.1, 0.15) is 5.75 Å². The number of rotatable bonds is 5. The van der Waals surface area contributed by atoms with Gasteiger partial charge in [-0.3, -0.25) is 9.59 Å². The summed E-state index contributed by atoms with van der Waals surface area (Å²) >= 11 is 0. The number of anilines is 2. The quantitative estimate of drug-likeness (QED) is 0.770. The first-order chi connectivity index (χ1) is 12.6. The van der Waals surface area contributed by atoms with Crippen molar-refractivity contribution in [1.82, 2.24) is 0 Å². The molecule has 2 unspecified atom stereocenters. The number of ether oxygens (including phenoxy) is 1. The number of carbonyl (C=O) groups is 2. The minimum atomic E-state index is -0.294. The second-order valence-corrected chi connectivity index (χ2v) is 6.49. The third kappa shape index (κ3) is 4.21. The average Bonchev–Trinajstić information content (AvgIpc) is 3.09. The monoisotopic (exact) mass is 353 g/mol. The van der Waals surface area contributed by atoms with Crippen LogP contribution in [0, 0.1) is 5.92 Å². The van der Waals surface area contributed by atoms with Gasteiger partial charge in [-0.05, 0) is 43.5 Å². The molecule has 0 heterocycles. The van der Waals surface area contributed by atoms with Crippen molar-refractivity contribution in [3.05, 3.63) is 54.1 Å². The molecular formula is C20H23N3O3. The van der Waals surface area contributed by atoms with Crippen molar-refractivity contribution >= 4 is 23.2 Å². The van der Waals surface area contributed by atoms with Gasteiger partial charge in [-0.15, -0.1) is 0 Å². The van der Waals surface area contributed by atoms with Crippen molar-refractivity contribution in [2.45, 2.75) is 25.3 Å². The summed E-state index contributed by atoms with van der Waals surface area (Å²) in [5.41, 5.74) is 7.42. The molecule has 1 fully saturated rings. The van der Waals surface area contributed by atoms with Crippen LogP contribution in [-0.4, -0.2) is 25.0 Å². The van der Waals surface area contributed by atoms with Gasteiger partial charge in [-0.25, -0.2) is 0 Å². The topological polar surface area (TPSA) is 93.5 Å². The highest BCUT2D eigenvalue weighted by atomic mass is 16.5. The van der Waals surface area contributed by atoms with Crippen molar-refractivity contribution in [2.24, 2.45) is 11.7 Å². The number of nitrogens with one attached hydrogen (secondary N) is 2. The zero-order valence-electron chi connectivity index (χ0n) is 14.7. The highest BCUT2D eigenvalue weighted by Crippen LogP contribution is 2.26. The van der Waals surface area contributed by atoms with E-state index >= 15 is 0 Å². The Hall–Kier alpha value is -2.86. The molecule has 26 heavy (non-hydrogen) atoms. The maximum absolute atomic E-state index is 12.7. The number of amides is 2. The summed E-state index contributed by atoms with van der Waals surface area (Å²) in [4.78, 5) is 25.1. The van der Waals surface area contributed by atoms with E-state index in [1.807, 2.05) is 0 Å². The van der Waals surface area contributed by atoms with Gasteiger partial charge < -0.3 is 21.1 Å². The molecular weight excluding hydrogens is 330 g/mol. The fourth-order valence-electron chi connectivity index (χ4n) is 3.18. The third-order valence-electron chi connectivity index (χ3n) is 4.60. The van der Waals surface area contributed by atoms with Gasteiger partial charge in [0, 0.05) is 23.7 Å². The van der Waals surface area contributed by atoms with Crippen molar-refractivity contribution in [1.29, 1.82) is 0 Å². The minimum absolute atomic E-state index is 0.0809. The molecule has 1 aliphatic rings. The van der Waals surface area contributed by atoms with E-state index in [0.29, 0.717) is 29.1 Å². The van der Waals surface area contributed by atoms with Gasteiger partial charge >= 0.3 is 0 Å². The number of carbonyl (C=O) groups excluding carboxylic acids is 2. The molecule has 6 heteroatoms. The SMILES string of the molecule is COc1cccc(NC(=O)c2ccccc2NC(=O)C2CCC(N)C2)c1. The smallest absolute Gasteiger partial charge is 0.257 e. The first-order valence-corrected chi connectivity index (χ1v) is 8.67. The van der Waals surface area contributed by atoms with Crippen molar-refractivity contribution in [2.75, 3.05) is 17.7 Å². The molecule has 0 aromatic heterocycles. The fourth-order valence-corrected chi connectivity index (χ4v) is 3.18. The van der Waals surface area contributed by atoms with Gasteiger partial charge in [0.2, 0.25) is 5.91 Å². The number of methoxy groups -OCH3 is 1. The number of para-hydroxylation sites is 1. The molecule has 2 atom stereocenters. The Morgan fingerprint density at radius 3 is 2.62 bits per heavy atom. The molecule has 0 saturated heterocycles. The molecule has 136 valence electrons. The molecule has 2 aromatic rings. The van der Waals surface area contributed by atoms with Crippen LogP contribution in [0.1, 0.15) is 29.6 Å². The Morgan fingerprint density at radius 2 is 1.88 bits per heavy atom. The Labute approximate surface area is 152 Å². The molecule has 0 radical (unpaired) electrons. The lowest BCUT2D eigenvalue weighted by atomic mass is 10.1. The van der Waals surface area contributed by atoms with E-state index in [4.69, 9.17) is 10.5 Å². The van der Waals surface area contributed by atoms with E-state index < -0.39 is 0 Å². The van der Waals surface area contributed by atoms with Crippen LogP contribution in [0.2, 0.25) is 0 Å². The molecule has 1 aliphatic carbocycles. The largest absolute Gasteiger partial charge is 0.497 e. The Balaban J connectivity index is 1.73. The average molecular weight is 353 g/mol. The lowest BCUT2D eigenvalue weighted by molar-refractivity contribution is -0.119. The van der Waals surface area contributed by atoms with Crippen LogP contribution < -0.4 is 21.1 Å². The lowest BCUT2D eigenvalue weighted by Crippen LogP contribution is -2.24. The van der Waals surface area contributed by atoms with E-state index in [1.165, 1.54) is 0 Å². The maximum Gasteiger partial charge on any atom is 0.257 e. The molecule has 0 bridgehead atoms.